The van der Waals surface area contributed by atoms with Crippen LogP contribution in [-0.4, -0.2) is 29.0 Å². The van der Waals surface area contributed by atoms with Crippen molar-refractivity contribution in [3.63, 3.8) is 0 Å². The summed E-state index contributed by atoms with van der Waals surface area (Å²) in [5.74, 6) is 1.56. The second-order valence-corrected chi connectivity index (χ2v) is 9.58. The molecular formula is C22H24N2O3S. The number of nitrogens with one attached hydrogen (secondary N) is 1. The van der Waals surface area contributed by atoms with E-state index in [0.717, 1.165) is 47.6 Å². The van der Waals surface area contributed by atoms with Crippen molar-refractivity contribution in [2.75, 3.05) is 6.61 Å². The van der Waals surface area contributed by atoms with Crippen LogP contribution in [0.4, 0.5) is 0 Å². The fourth-order valence-corrected chi connectivity index (χ4v) is 6.68. The third-order valence-corrected chi connectivity index (χ3v) is 7.40. The summed E-state index contributed by atoms with van der Waals surface area (Å²) in [5, 5.41) is 5.68. The number of esters is 1. The van der Waals surface area contributed by atoms with Gasteiger partial charge >= 0.3 is 5.97 Å². The van der Waals surface area contributed by atoms with E-state index in [9.17, 15) is 9.59 Å². The predicted octanol–water partition coefficient (Wildman–Crippen LogP) is 4.05. The monoisotopic (exact) mass is 396 g/mol. The molecule has 0 aliphatic heterocycles. The van der Waals surface area contributed by atoms with Gasteiger partial charge in [-0.25, -0.2) is 9.78 Å². The van der Waals surface area contributed by atoms with E-state index >= 15 is 0 Å². The number of nitrogens with zero attached hydrogens (tertiary/aromatic N) is 1. The first kappa shape index (κ1) is 17.9. The number of rotatable bonds is 5. The number of hydrogen-bond acceptors (Lipinski definition) is 5. The first-order valence-electron chi connectivity index (χ1n) is 10.1. The highest BCUT2D eigenvalue weighted by Gasteiger charge is 2.51. The second-order valence-electron chi connectivity index (χ2n) is 8.73. The molecule has 4 fully saturated rings. The summed E-state index contributed by atoms with van der Waals surface area (Å²) in [6.45, 7) is -0.237. The topological polar surface area (TPSA) is 68.3 Å². The Bertz CT molecular complexity index is 857. The van der Waals surface area contributed by atoms with E-state index in [1.165, 1.54) is 30.6 Å². The highest BCUT2D eigenvalue weighted by atomic mass is 32.1. The van der Waals surface area contributed by atoms with Crippen LogP contribution in [0.15, 0.2) is 35.7 Å². The van der Waals surface area contributed by atoms with E-state index in [2.05, 4.69) is 10.3 Å². The summed E-state index contributed by atoms with van der Waals surface area (Å²) >= 11 is 1.40. The quantitative estimate of drug-likeness (QED) is 0.774. The van der Waals surface area contributed by atoms with Gasteiger partial charge in [0.05, 0.1) is 0 Å². The summed E-state index contributed by atoms with van der Waals surface area (Å²) in [4.78, 5) is 29.1. The third-order valence-electron chi connectivity index (χ3n) is 6.51. The molecule has 4 bridgehead atoms. The van der Waals surface area contributed by atoms with Gasteiger partial charge in [0, 0.05) is 16.5 Å². The van der Waals surface area contributed by atoms with Crippen LogP contribution in [0.2, 0.25) is 0 Å². The molecule has 4 saturated carbocycles. The number of aromatic nitrogens is 1. The van der Waals surface area contributed by atoms with Crippen LogP contribution in [0.5, 0.6) is 0 Å². The number of hydrogen-bond donors (Lipinski definition) is 1. The van der Waals surface area contributed by atoms with Crippen LogP contribution >= 0.6 is 11.3 Å². The Balaban J connectivity index is 1.17. The minimum absolute atomic E-state index is 0.0562. The molecule has 1 amide bonds. The van der Waals surface area contributed by atoms with Gasteiger partial charge in [-0.05, 0) is 56.3 Å². The Labute approximate surface area is 168 Å². The molecule has 28 heavy (non-hydrogen) atoms. The average molecular weight is 397 g/mol. The van der Waals surface area contributed by atoms with Crippen molar-refractivity contribution in [1.29, 1.82) is 0 Å². The van der Waals surface area contributed by atoms with E-state index in [1.54, 1.807) is 5.38 Å². The van der Waals surface area contributed by atoms with E-state index in [-0.39, 0.29) is 23.7 Å². The number of amides is 1. The lowest BCUT2D eigenvalue weighted by Gasteiger charge is -2.56. The molecule has 1 heterocycles. The normalized spacial score (nSPS) is 30.2. The van der Waals surface area contributed by atoms with Gasteiger partial charge in [-0.2, -0.15) is 0 Å². The molecule has 146 valence electrons. The highest BCUT2D eigenvalue weighted by Crippen LogP contribution is 2.55. The minimum Gasteiger partial charge on any atom is -0.451 e. The zero-order valence-electron chi connectivity index (χ0n) is 15.7. The third kappa shape index (κ3) is 3.46. The molecule has 0 radical (unpaired) electrons. The predicted molar refractivity (Wildman–Crippen MR) is 107 cm³/mol. The molecule has 0 unspecified atom stereocenters. The molecule has 6 rings (SSSR count). The Morgan fingerprint density at radius 1 is 1.07 bits per heavy atom. The Morgan fingerprint density at radius 2 is 1.71 bits per heavy atom. The van der Waals surface area contributed by atoms with Crippen LogP contribution in [0.1, 0.15) is 49.0 Å². The Kier molecular flexibility index (Phi) is 4.46. The van der Waals surface area contributed by atoms with Crippen LogP contribution in [0, 0.1) is 17.8 Å². The lowest BCUT2D eigenvalue weighted by atomic mass is 9.53. The van der Waals surface area contributed by atoms with Gasteiger partial charge in [-0.15, -0.1) is 11.3 Å². The first-order chi connectivity index (χ1) is 13.6. The van der Waals surface area contributed by atoms with E-state index in [0.29, 0.717) is 0 Å². The van der Waals surface area contributed by atoms with Crippen molar-refractivity contribution >= 4 is 23.2 Å². The van der Waals surface area contributed by atoms with Gasteiger partial charge in [0.2, 0.25) is 0 Å². The van der Waals surface area contributed by atoms with Crippen molar-refractivity contribution < 1.29 is 14.3 Å². The minimum atomic E-state index is -0.543. The molecule has 0 atom stereocenters. The molecule has 0 spiro atoms. The fraction of sp³-hybridized carbons (Fsp3) is 0.500. The van der Waals surface area contributed by atoms with Crippen LogP contribution in [0.25, 0.3) is 10.6 Å². The smallest absolute Gasteiger partial charge is 0.358 e. The summed E-state index contributed by atoms with van der Waals surface area (Å²) < 4.78 is 5.25. The van der Waals surface area contributed by atoms with Gasteiger partial charge in [-0.3, -0.25) is 4.79 Å². The fourth-order valence-electron chi connectivity index (χ4n) is 5.88. The molecule has 1 aromatic carbocycles. The maximum Gasteiger partial charge on any atom is 0.358 e. The Hall–Kier alpha value is -2.21. The van der Waals surface area contributed by atoms with Crippen LogP contribution in [-0.2, 0) is 9.53 Å². The van der Waals surface area contributed by atoms with Crippen molar-refractivity contribution in [2.45, 2.75) is 44.1 Å². The molecule has 4 aliphatic carbocycles. The molecule has 1 aromatic heterocycles. The van der Waals surface area contributed by atoms with Crippen molar-refractivity contribution in [3.05, 3.63) is 41.4 Å². The SMILES string of the molecule is O=C(COC(=O)c1csc(-c2ccccc2)n1)NC12CC3CC(CC(C3)C1)C2. The van der Waals surface area contributed by atoms with Crippen molar-refractivity contribution in [1.82, 2.24) is 10.3 Å². The molecule has 4 aliphatic rings. The number of carbonyl (C=O) groups excluding carboxylic acids is 2. The largest absolute Gasteiger partial charge is 0.451 e. The average Bonchev–Trinajstić information content (AvgIpc) is 3.16. The molecule has 1 N–H and O–H groups in total. The van der Waals surface area contributed by atoms with E-state index < -0.39 is 5.97 Å². The Morgan fingerprint density at radius 3 is 2.36 bits per heavy atom. The van der Waals surface area contributed by atoms with Gasteiger partial charge in [0.15, 0.2) is 12.3 Å². The maximum absolute atomic E-state index is 12.5. The molecule has 0 saturated heterocycles. The number of benzene rings is 1. The summed E-state index contributed by atoms with van der Waals surface area (Å²) in [7, 11) is 0. The lowest BCUT2D eigenvalue weighted by molar-refractivity contribution is -0.130. The number of ether oxygens (including phenoxy) is 1. The summed E-state index contributed by atoms with van der Waals surface area (Å²) in [6.07, 6.45) is 7.26. The zero-order valence-corrected chi connectivity index (χ0v) is 16.5. The van der Waals surface area contributed by atoms with Crippen LogP contribution in [0.3, 0.4) is 0 Å². The van der Waals surface area contributed by atoms with Gasteiger partial charge in [-0.1, -0.05) is 30.3 Å². The van der Waals surface area contributed by atoms with Gasteiger partial charge < -0.3 is 10.1 Å². The van der Waals surface area contributed by atoms with E-state index in [4.69, 9.17) is 4.74 Å². The molecule has 2 aromatic rings. The molecule has 6 heteroatoms. The van der Waals surface area contributed by atoms with Gasteiger partial charge in [0.1, 0.15) is 5.01 Å². The van der Waals surface area contributed by atoms with E-state index in [1.807, 2.05) is 30.3 Å². The van der Waals surface area contributed by atoms with Crippen LogP contribution < -0.4 is 5.32 Å². The number of thiazole rings is 1. The summed E-state index contributed by atoms with van der Waals surface area (Å²) in [5.41, 5.74) is 1.16. The van der Waals surface area contributed by atoms with Crippen molar-refractivity contribution in [3.8, 4) is 10.6 Å². The second kappa shape index (κ2) is 6.99. The highest BCUT2D eigenvalue weighted by molar-refractivity contribution is 7.13. The molecule has 5 nitrogen and oxygen atoms in total. The maximum atomic E-state index is 12.5. The standard InChI is InChI=1S/C22H24N2O3S/c25-19(24-22-9-14-6-15(10-22)8-16(7-14)11-22)12-27-21(26)18-13-28-20(23-18)17-4-2-1-3-5-17/h1-5,13-16H,6-12H2,(H,24,25). The lowest BCUT2D eigenvalue weighted by Crippen LogP contribution is -2.60. The first-order valence-corrected chi connectivity index (χ1v) is 11.0. The van der Waals surface area contributed by atoms with Crippen molar-refractivity contribution in [2.24, 2.45) is 17.8 Å². The van der Waals surface area contributed by atoms with Gasteiger partial charge in [0.25, 0.3) is 5.91 Å². The zero-order chi connectivity index (χ0) is 19.1. The summed E-state index contributed by atoms with van der Waals surface area (Å²) in [6, 6.07) is 9.71. The number of carbonyl (C=O) groups is 2. The molecular weight excluding hydrogens is 372 g/mol.